The molecule has 1 aliphatic heterocycles. The Morgan fingerprint density at radius 2 is 2.04 bits per heavy atom. The molecule has 1 saturated heterocycles. The van der Waals surface area contributed by atoms with Crippen LogP contribution in [0.1, 0.15) is 54.7 Å². The number of pyridine rings is 1. The molecule has 7 nitrogen and oxygen atoms in total. The lowest BCUT2D eigenvalue weighted by atomic mass is 9.96. The SMILES string of the molecule is Cc1cc(=O)n(CC(=O)NC(C)C)c(C)c1C(=O)NCCC1CCCNC1.Cl. The summed E-state index contributed by atoms with van der Waals surface area (Å²) in [6.45, 7) is 9.81. The molecular weight excluding hydrogens is 380 g/mol. The van der Waals surface area contributed by atoms with E-state index in [2.05, 4.69) is 16.0 Å². The van der Waals surface area contributed by atoms with Crippen LogP contribution in [0.15, 0.2) is 10.9 Å². The zero-order valence-corrected chi connectivity index (χ0v) is 18.1. The van der Waals surface area contributed by atoms with E-state index in [9.17, 15) is 14.4 Å². The summed E-state index contributed by atoms with van der Waals surface area (Å²) in [6, 6.07) is 1.42. The van der Waals surface area contributed by atoms with E-state index in [1.165, 1.54) is 23.5 Å². The number of carbonyl (C=O) groups is 2. The van der Waals surface area contributed by atoms with Gasteiger partial charge in [0, 0.05) is 24.3 Å². The molecule has 0 aliphatic carbocycles. The maximum atomic E-state index is 12.7. The lowest BCUT2D eigenvalue weighted by Gasteiger charge is -2.23. The third-order valence-electron chi connectivity index (χ3n) is 4.98. The van der Waals surface area contributed by atoms with Gasteiger partial charge in [0.05, 0.1) is 5.56 Å². The molecular formula is C20H33ClN4O3. The number of nitrogens with one attached hydrogen (secondary N) is 3. The number of nitrogens with zero attached hydrogens (tertiary/aromatic N) is 1. The van der Waals surface area contributed by atoms with Crippen LogP contribution in [0.2, 0.25) is 0 Å². The van der Waals surface area contributed by atoms with Gasteiger partial charge in [-0.05, 0) is 71.5 Å². The second-order valence-electron chi connectivity index (χ2n) is 7.69. The average molecular weight is 413 g/mol. The summed E-state index contributed by atoms with van der Waals surface area (Å²) in [4.78, 5) is 37.1. The Morgan fingerprint density at radius 1 is 1.32 bits per heavy atom. The molecule has 1 fully saturated rings. The van der Waals surface area contributed by atoms with Crippen molar-refractivity contribution in [3.8, 4) is 0 Å². The standard InChI is InChI=1S/C20H32N4O3.ClH/c1-13(2)23-17(25)12-24-15(4)19(14(3)10-18(24)26)20(27)22-9-7-16-6-5-8-21-11-16;/h10,13,16,21H,5-9,11-12H2,1-4H3,(H,22,27)(H,23,25);1H. The van der Waals surface area contributed by atoms with Gasteiger partial charge in [-0.3, -0.25) is 14.4 Å². The summed E-state index contributed by atoms with van der Waals surface area (Å²) in [5.41, 5.74) is 1.37. The number of carbonyl (C=O) groups excluding carboxylic acids is 2. The summed E-state index contributed by atoms with van der Waals surface area (Å²) >= 11 is 0. The molecule has 0 aromatic carbocycles. The van der Waals surface area contributed by atoms with Crippen LogP contribution in [0.25, 0.3) is 0 Å². The van der Waals surface area contributed by atoms with E-state index in [0.29, 0.717) is 29.3 Å². The van der Waals surface area contributed by atoms with E-state index in [1.807, 2.05) is 13.8 Å². The molecule has 2 rings (SSSR count). The molecule has 1 atom stereocenters. The fourth-order valence-corrected chi connectivity index (χ4v) is 3.62. The topological polar surface area (TPSA) is 92.2 Å². The number of amides is 2. The molecule has 0 spiro atoms. The van der Waals surface area contributed by atoms with Gasteiger partial charge in [0.25, 0.3) is 11.5 Å². The van der Waals surface area contributed by atoms with Crippen LogP contribution in [0, 0.1) is 19.8 Å². The molecule has 1 aromatic heterocycles. The van der Waals surface area contributed by atoms with Crippen LogP contribution in [0.4, 0.5) is 0 Å². The smallest absolute Gasteiger partial charge is 0.253 e. The quantitative estimate of drug-likeness (QED) is 0.633. The van der Waals surface area contributed by atoms with Gasteiger partial charge in [-0.25, -0.2) is 0 Å². The lowest BCUT2D eigenvalue weighted by Crippen LogP contribution is -2.38. The molecule has 8 heteroatoms. The molecule has 2 amide bonds. The number of hydrogen-bond donors (Lipinski definition) is 3. The highest BCUT2D eigenvalue weighted by atomic mass is 35.5. The zero-order chi connectivity index (χ0) is 20.0. The fraction of sp³-hybridized carbons (Fsp3) is 0.650. The predicted molar refractivity (Wildman–Crippen MR) is 113 cm³/mol. The van der Waals surface area contributed by atoms with E-state index < -0.39 is 0 Å². The van der Waals surface area contributed by atoms with E-state index in [1.54, 1.807) is 13.8 Å². The molecule has 3 N–H and O–H groups in total. The van der Waals surface area contributed by atoms with Crippen LogP contribution in [-0.2, 0) is 11.3 Å². The van der Waals surface area contributed by atoms with Gasteiger partial charge in [-0.2, -0.15) is 0 Å². The van der Waals surface area contributed by atoms with Gasteiger partial charge in [0.15, 0.2) is 0 Å². The Bertz CT molecular complexity index is 740. The molecule has 1 unspecified atom stereocenters. The molecule has 0 radical (unpaired) electrons. The van der Waals surface area contributed by atoms with Gasteiger partial charge < -0.3 is 20.5 Å². The van der Waals surface area contributed by atoms with Crippen molar-refractivity contribution >= 4 is 24.2 Å². The minimum atomic E-state index is -0.270. The molecule has 28 heavy (non-hydrogen) atoms. The van der Waals surface area contributed by atoms with Gasteiger partial charge in [-0.1, -0.05) is 0 Å². The highest BCUT2D eigenvalue weighted by Crippen LogP contribution is 2.14. The largest absolute Gasteiger partial charge is 0.352 e. The van der Waals surface area contributed by atoms with E-state index >= 15 is 0 Å². The highest BCUT2D eigenvalue weighted by Gasteiger charge is 2.19. The second-order valence-corrected chi connectivity index (χ2v) is 7.69. The van der Waals surface area contributed by atoms with Gasteiger partial charge in [-0.15, -0.1) is 12.4 Å². The number of aromatic nitrogens is 1. The van der Waals surface area contributed by atoms with Gasteiger partial charge in [0.1, 0.15) is 6.54 Å². The maximum Gasteiger partial charge on any atom is 0.253 e. The van der Waals surface area contributed by atoms with Crippen molar-refractivity contribution in [2.45, 2.75) is 59.5 Å². The maximum absolute atomic E-state index is 12.7. The Balaban J connectivity index is 0.00000392. The Kier molecular flexibility index (Phi) is 9.69. The first-order valence-corrected chi connectivity index (χ1v) is 9.79. The van der Waals surface area contributed by atoms with Crippen LogP contribution >= 0.6 is 12.4 Å². The summed E-state index contributed by atoms with van der Waals surface area (Å²) in [7, 11) is 0. The molecule has 1 aliphatic rings. The number of aryl methyl sites for hydroxylation is 1. The summed E-state index contributed by atoms with van der Waals surface area (Å²) in [6.07, 6.45) is 3.31. The van der Waals surface area contributed by atoms with Crippen molar-refractivity contribution in [1.82, 2.24) is 20.5 Å². The lowest BCUT2D eigenvalue weighted by molar-refractivity contribution is -0.122. The zero-order valence-electron chi connectivity index (χ0n) is 17.3. The van der Waals surface area contributed by atoms with Crippen molar-refractivity contribution in [1.29, 1.82) is 0 Å². The molecule has 2 heterocycles. The molecule has 158 valence electrons. The van der Waals surface area contributed by atoms with Crippen LogP contribution in [0.3, 0.4) is 0 Å². The van der Waals surface area contributed by atoms with Crippen molar-refractivity contribution in [2.24, 2.45) is 5.92 Å². The predicted octanol–water partition coefficient (Wildman–Crippen LogP) is 1.53. The van der Waals surface area contributed by atoms with E-state index in [4.69, 9.17) is 0 Å². The van der Waals surface area contributed by atoms with Gasteiger partial charge in [0.2, 0.25) is 5.91 Å². The summed E-state index contributed by atoms with van der Waals surface area (Å²) in [5, 5.41) is 9.13. The fourth-order valence-electron chi connectivity index (χ4n) is 3.62. The van der Waals surface area contributed by atoms with Crippen LogP contribution < -0.4 is 21.5 Å². The first-order chi connectivity index (χ1) is 12.8. The molecule has 0 bridgehead atoms. The third kappa shape index (κ3) is 6.63. The average Bonchev–Trinajstić information content (AvgIpc) is 2.58. The number of rotatable bonds is 7. The van der Waals surface area contributed by atoms with Crippen molar-refractivity contribution in [3.63, 3.8) is 0 Å². The van der Waals surface area contributed by atoms with Crippen LogP contribution in [0.5, 0.6) is 0 Å². The molecule has 1 aromatic rings. The summed E-state index contributed by atoms with van der Waals surface area (Å²) in [5.74, 6) is 0.164. The van der Waals surface area contributed by atoms with E-state index in [0.717, 1.165) is 19.5 Å². The van der Waals surface area contributed by atoms with Gasteiger partial charge >= 0.3 is 0 Å². The Hall–Kier alpha value is -1.86. The van der Waals surface area contributed by atoms with Crippen molar-refractivity contribution in [2.75, 3.05) is 19.6 Å². The summed E-state index contributed by atoms with van der Waals surface area (Å²) < 4.78 is 1.37. The third-order valence-corrected chi connectivity index (χ3v) is 4.98. The first-order valence-electron chi connectivity index (χ1n) is 9.79. The number of halogens is 1. The molecule has 0 saturated carbocycles. The minimum Gasteiger partial charge on any atom is -0.352 e. The minimum absolute atomic E-state index is 0. The van der Waals surface area contributed by atoms with E-state index in [-0.39, 0.29) is 42.4 Å². The number of piperidine rings is 1. The normalized spacial score (nSPS) is 16.4. The number of hydrogen-bond acceptors (Lipinski definition) is 4. The van der Waals surface area contributed by atoms with Crippen LogP contribution in [-0.4, -0.2) is 42.1 Å². The van der Waals surface area contributed by atoms with Crippen molar-refractivity contribution in [3.05, 3.63) is 33.2 Å². The Morgan fingerprint density at radius 3 is 2.64 bits per heavy atom. The second kappa shape index (κ2) is 11.2. The first kappa shape index (κ1) is 24.2. The monoisotopic (exact) mass is 412 g/mol. The van der Waals surface area contributed by atoms with Crippen molar-refractivity contribution < 1.29 is 9.59 Å². The highest BCUT2D eigenvalue weighted by molar-refractivity contribution is 5.96. The Labute approximate surface area is 173 Å².